The zero-order valence-corrected chi connectivity index (χ0v) is 16.6. The fourth-order valence-electron chi connectivity index (χ4n) is 3.47. The quantitative estimate of drug-likeness (QED) is 0.530. The minimum Gasteiger partial charge on any atom is -0.484 e. The van der Waals surface area contributed by atoms with Crippen molar-refractivity contribution in [3.8, 4) is 5.75 Å². The Bertz CT molecular complexity index is 667. The third-order valence-electron chi connectivity index (χ3n) is 5.01. The molecule has 1 aromatic carbocycles. The molecule has 28 heavy (non-hydrogen) atoms. The molecule has 1 saturated carbocycles. The zero-order valence-electron chi connectivity index (χ0n) is 16.6. The first-order valence-electron chi connectivity index (χ1n) is 10.0. The summed E-state index contributed by atoms with van der Waals surface area (Å²) in [5.41, 5.74) is 5.12. The summed E-state index contributed by atoms with van der Waals surface area (Å²) in [5, 5.41) is 5.89. The number of amides is 3. The normalized spacial score (nSPS) is 15.5. The first-order valence-corrected chi connectivity index (χ1v) is 10.0. The Morgan fingerprint density at radius 2 is 1.79 bits per heavy atom. The monoisotopic (exact) mass is 389 g/mol. The molecular formula is C21H31N3O4. The van der Waals surface area contributed by atoms with E-state index >= 15 is 0 Å². The molecule has 0 bridgehead atoms. The van der Waals surface area contributed by atoms with E-state index in [4.69, 9.17) is 10.5 Å². The van der Waals surface area contributed by atoms with Crippen molar-refractivity contribution in [3.05, 3.63) is 29.8 Å². The molecule has 0 aliphatic heterocycles. The lowest BCUT2D eigenvalue weighted by Gasteiger charge is -2.36. The molecule has 1 aliphatic carbocycles. The van der Waals surface area contributed by atoms with Crippen molar-refractivity contribution in [2.75, 3.05) is 13.2 Å². The predicted octanol–water partition coefficient (Wildman–Crippen LogP) is 1.83. The Labute approximate surface area is 166 Å². The molecule has 0 atom stereocenters. The summed E-state index contributed by atoms with van der Waals surface area (Å²) in [4.78, 5) is 36.1. The second-order valence-corrected chi connectivity index (χ2v) is 7.38. The van der Waals surface area contributed by atoms with Gasteiger partial charge in [0.1, 0.15) is 11.3 Å². The van der Waals surface area contributed by atoms with E-state index < -0.39 is 11.4 Å². The number of unbranched alkanes of at least 4 members (excludes halogenated alkanes) is 1. The van der Waals surface area contributed by atoms with Crippen molar-refractivity contribution < 1.29 is 19.1 Å². The van der Waals surface area contributed by atoms with Gasteiger partial charge in [0, 0.05) is 6.54 Å². The van der Waals surface area contributed by atoms with Gasteiger partial charge in [-0.3, -0.25) is 14.4 Å². The highest BCUT2D eigenvalue weighted by molar-refractivity contribution is 5.92. The highest BCUT2D eigenvalue weighted by Gasteiger charge is 2.40. The molecule has 1 fully saturated rings. The van der Waals surface area contributed by atoms with Crippen LogP contribution in [0.5, 0.6) is 5.75 Å². The predicted molar refractivity (Wildman–Crippen MR) is 107 cm³/mol. The average molecular weight is 389 g/mol. The Hall–Kier alpha value is -2.57. The van der Waals surface area contributed by atoms with E-state index in [-0.39, 0.29) is 24.8 Å². The van der Waals surface area contributed by atoms with Crippen LogP contribution >= 0.6 is 0 Å². The lowest BCUT2D eigenvalue weighted by atomic mass is 9.80. The van der Waals surface area contributed by atoms with Crippen LogP contribution in [0.15, 0.2) is 24.3 Å². The van der Waals surface area contributed by atoms with Gasteiger partial charge in [-0.15, -0.1) is 0 Å². The number of carbonyl (C=O) groups excluding carboxylic acids is 3. The molecule has 1 aromatic rings. The fourth-order valence-corrected chi connectivity index (χ4v) is 3.47. The van der Waals surface area contributed by atoms with E-state index in [2.05, 4.69) is 17.6 Å². The van der Waals surface area contributed by atoms with Crippen LogP contribution in [0.1, 0.15) is 57.4 Å². The van der Waals surface area contributed by atoms with Crippen molar-refractivity contribution in [1.29, 1.82) is 0 Å². The Kier molecular flexibility index (Phi) is 8.29. The first kappa shape index (κ1) is 21.7. The third-order valence-corrected chi connectivity index (χ3v) is 5.01. The maximum absolute atomic E-state index is 12.7. The molecule has 0 spiro atoms. The number of nitrogens with two attached hydrogens (primary N) is 1. The van der Waals surface area contributed by atoms with E-state index in [1.165, 1.54) is 0 Å². The number of rotatable bonds is 10. The summed E-state index contributed by atoms with van der Waals surface area (Å²) >= 11 is 0. The van der Waals surface area contributed by atoms with E-state index in [9.17, 15) is 14.4 Å². The maximum atomic E-state index is 12.7. The number of nitrogens with one attached hydrogen (secondary N) is 2. The first-order chi connectivity index (χ1) is 13.4. The second kappa shape index (κ2) is 10.7. The molecule has 2 rings (SSSR count). The molecular weight excluding hydrogens is 358 g/mol. The highest BCUT2D eigenvalue weighted by Crippen LogP contribution is 2.28. The smallest absolute Gasteiger partial charge is 0.258 e. The SMILES string of the molecule is CCCCNC(=O)C1(NC(=O)COc2ccc(CC(N)=O)cc2)CCCCC1. The van der Waals surface area contributed by atoms with E-state index in [0.29, 0.717) is 25.1 Å². The molecule has 4 N–H and O–H groups in total. The van der Waals surface area contributed by atoms with Gasteiger partial charge in [0.15, 0.2) is 6.61 Å². The molecule has 0 radical (unpaired) electrons. The summed E-state index contributed by atoms with van der Waals surface area (Å²) in [7, 11) is 0. The minimum absolute atomic E-state index is 0.0928. The van der Waals surface area contributed by atoms with Crippen LogP contribution in [-0.4, -0.2) is 36.4 Å². The molecule has 7 heteroatoms. The molecule has 0 heterocycles. The average Bonchev–Trinajstić information content (AvgIpc) is 2.68. The van der Waals surface area contributed by atoms with E-state index in [1.807, 2.05) is 0 Å². The van der Waals surface area contributed by atoms with Gasteiger partial charge in [-0.05, 0) is 37.0 Å². The lowest BCUT2D eigenvalue weighted by Crippen LogP contribution is -2.60. The summed E-state index contributed by atoms with van der Waals surface area (Å²) in [6.45, 7) is 2.53. The van der Waals surface area contributed by atoms with Crippen LogP contribution in [0.3, 0.4) is 0 Å². The number of primary amides is 1. The summed E-state index contributed by atoms with van der Waals surface area (Å²) in [6.07, 6.45) is 6.31. The number of hydrogen-bond donors (Lipinski definition) is 3. The number of benzene rings is 1. The van der Waals surface area contributed by atoms with Crippen LogP contribution in [0.25, 0.3) is 0 Å². The number of hydrogen-bond acceptors (Lipinski definition) is 4. The van der Waals surface area contributed by atoms with Gasteiger partial charge in [-0.25, -0.2) is 0 Å². The summed E-state index contributed by atoms with van der Waals surface area (Å²) < 4.78 is 5.53. The number of ether oxygens (including phenoxy) is 1. The van der Waals surface area contributed by atoms with Crippen LogP contribution in [0.2, 0.25) is 0 Å². The van der Waals surface area contributed by atoms with Gasteiger partial charge in [0.05, 0.1) is 6.42 Å². The Morgan fingerprint density at radius 3 is 2.39 bits per heavy atom. The largest absolute Gasteiger partial charge is 0.484 e. The molecule has 0 unspecified atom stereocenters. The Morgan fingerprint density at radius 1 is 1.11 bits per heavy atom. The van der Waals surface area contributed by atoms with Gasteiger partial charge in [0.2, 0.25) is 11.8 Å². The van der Waals surface area contributed by atoms with E-state index in [0.717, 1.165) is 37.7 Å². The molecule has 7 nitrogen and oxygen atoms in total. The van der Waals surface area contributed by atoms with Gasteiger partial charge in [0.25, 0.3) is 5.91 Å². The van der Waals surface area contributed by atoms with Crippen LogP contribution in [-0.2, 0) is 20.8 Å². The maximum Gasteiger partial charge on any atom is 0.258 e. The van der Waals surface area contributed by atoms with Gasteiger partial charge in [-0.1, -0.05) is 44.7 Å². The van der Waals surface area contributed by atoms with Crippen molar-refractivity contribution in [2.24, 2.45) is 5.73 Å². The second-order valence-electron chi connectivity index (χ2n) is 7.38. The molecule has 0 aromatic heterocycles. The van der Waals surface area contributed by atoms with Gasteiger partial charge in [-0.2, -0.15) is 0 Å². The van der Waals surface area contributed by atoms with E-state index in [1.54, 1.807) is 24.3 Å². The molecule has 1 aliphatic rings. The third kappa shape index (κ3) is 6.55. The van der Waals surface area contributed by atoms with Crippen molar-refractivity contribution in [3.63, 3.8) is 0 Å². The van der Waals surface area contributed by atoms with Gasteiger partial charge >= 0.3 is 0 Å². The number of carbonyl (C=O) groups is 3. The summed E-state index contributed by atoms with van der Waals surface area (Å²) in [6, 6.07) is 6.86. The van der Waals surface area contributed by atoms with Crippen molar-refractivity contribution in [1.82, 2.24) is 10.6 Å². The topological polar surface area (TPSA) is 111 Å². The lowest BCUT2D eigenvalue weighted by molar-refractivity contribution is -0.135. The Balaban J connectivity index is 1.90. The van der Waals surface area contributed by atoms with Crippen LogP contribution < -0.4 is 21.1 Å². The summed E-state index contributed by atoms with van der Waals surface area (Å²) in [5.74, 6) is -0.282. The molecule has 154 valence electrons. The highest BCUT2D eigenvalue weighted by atomic mass is 16.5. The minimum atomic E-state index is -0.836. The van der Waals surface area contributed by atoms with Crippen molar-refractivity contribution >= 4 is 17.7 Å². The van der Waals surface area contributed by atoms with Crippen molar-refractivity contribution in [2.45, 2.75) is 63.8 Å². The van der Waals surface area contributed by atoms with Gasteiger partial charge < -0.3 is 21.1 Å². The van der Waals surface area contributed by atoms with Crippen LogP contribution in [0.4, 0.5) is 0 Å². The van der Waals surface area contributed by atoms with Crippen LogP contribution in [0, 0.1) is 0 Å². The zero-order chi connectivity index (χ0) is 20.4. The standard InChI is InChI=1S/C21H31N3O4/c1-2-3-13-23-20(27)21(11-5-4-6-12-21)24-19(26)15-28-17-9-7-16(8-10-17)14-18(22)25/h7-10H,2-6,11-15H2,1H3,(H2,22,25)(H,23,27)(H,24,26). The fraction of sp³-hybridized carbons (Fsp3) is 0.571. The molecule has 0 saturated heterocycles. The molecule has 3 amide bonds.